The summed E-state index contributed by atoms with van der Waals surface area (Å²) in [6, 6.07) is 0. The molecule has 0 fully saturated rings. The summed E-state index contributed by atoms with van der Waals surface area (Å²) in [5, 5.41) is 13.5. The van der Waals surface area contributed by atoms with Crippen LogP contribution in [0.15, 0.2) is 10.3 Å². The van der Waals surface area contributed by atoms with Gasteiger partial charge in [0.1, 0.15) is 0 Å². The Morgan fingerprint density at radius 1 is 1.50 bits per heavy atom. The van der Waals surface area contributed by atoms with Gasteiger partial charge >= 0.3 is 0 Å². The highest BCUT2D eigenvalue weighted by molar-refractivity contribution is 7.99. The van der Waals surface area contributed by atoms with E-state index in [1.807, 2.05) is 4.68 Å². The van der Waals surface area contributed by atoms with Gasteiger partial charge in [-0.3, -0.25) is 0 Å². The molecule has 0 aliphatic carbocycles. The molecule has 0 unspecified atom stereocenters. The van der Waals surface area contributed by atoms with E-state index in [4.69, 9.17) is 5.73 Å². The van der Waals surface area contributed by atoms with Gasteiger partial charge in [0.25, 0.3) is 0 Å². The van der Waals surface area contributed by atoms with Gasteiger partial charge in [-0.15, -0.1) is 10.2 Å². The first kappa shape index (κ1) is 9.67. The Labute approximate surface area is 86.8 Å². The van der Waals surface area contributed by atoms with Crippen LogP contribution in [0.1, 0.15) is 19.2 Å². The number of aryl methyl sites for hydroxylation is 1. The largest absolute Gasteiger partial charge is 0.330 e. The Bertz CT molecular complexity index is 357. The zero-order valence-electron chi connectivity index (χ0n) is 8.10. The summed E-state index contributed by atoms with van der Waals surface area (Å²) < 4.78 is 1.83. The van der Waals surface area contributed by atoms with Crippen molar-refractivity contribution >= 4 is 17.5 Å². The minimum atomic E-state index is 0.651. The first-order chi connectivity index (χ1) is 6.85. The maximum atomic E-state index is 5.49. The van der Waals surface area contributed by atoms with Gasteiger partial charge in [0.05, 0.1) is 5.71 Å². The van der Waals surface area contributed by atoms with E-state index in [9.17, 15) is 0 Å². The van der Waals surface area contributed by atoms with Crippen LogP contribution >= 0.6 is 11.8 Å². The zero-order valence-corrected chi connectivity index (χ0v) is 8.92. The number of thioether (sulfide) groups is 1. The molecule has 0 spiro atoms. The van der Waals surface area contributed by atoms with Crippen LogP contribution < -0.4 is 5.73 Å². The third kappa shape index (κ3) is 1.67. The number of nitrogens with zero attached hydrogens (tertiary/aromatic N) is 4. The summed E-state index contributed by atoms with van der Waals surface area (Å²) in [4.78, 5) is 0. The molecule has 6 heteroatoms. The number of rotatable bonds is 3. The van der Waals surface area contributed by atoms with Gasteiger partial charge in [-0.1, -0.05) is 18.7 Å². The smallest absolute Gasteiger partial charge is 0.212 e. The lowest BCUT2D eigenvalue weighted by Crippen LogP contribution is -2.16. The summed E-state index contributed by atoms with van der Waals surface area (Å²) in [5.74, 6) is 1.81. The second-order valence-electron chi connectivity index (χ2n) is 3.06. The molecular weight excluding hydrogens is 198 g/mol. The van der Waals surface area contributed by atoms with Crippen molar-refractivity contribution in [3.05, 3.63) is 5.82 Å². The van der Waals surface area contributed by atoms with Crippen molar-refractivity contribution in [1.29, 1.82) is 0 Å². The lowest BCUT2D eigenvalue weighted by atomic mass is 10.3. The number of nitrogens with two attached hydrogens (primary N) is 1. The van der Waals surface area contributed by atoms with Crippen LogP contribution in [0.3, 0.4) is 0 Å². The first-order valence-corrected chi connectivity index (χ1v) is 5.67. The van der Waals surface area contributed by atoms with Crippen LogP contribution in [-0.2, 0) is 6.42 Å². The van der Waals surface area contributed by atoms with E-state index >= 15 is 0 Å². The molecular formula is C8H13N5S. The monoisotopic (exact) mass is 211 g/mol. The van der Waals surface area contributed by atoms with Gasteiger partial charge < -0.3 is 5.73 Å². The molecule has 0 saturated carbocycles. The molecule has 1 aliphatic rings. The average molecular weight is 211 g/mol. The molecule has 0 amide bonds. The standard InChI is InChI=1S/C8H13N5S/c1-2-7-10-11-8-13(7)12-6(3-4-9)5-14-8/h2-5,9H2,1H3. The summed E-state index contributed by atoms with van der Waals surface area (Å²) in [7, 11) is 0. The van der Waals surface area contributed by atoms with Crippen LogP contribution in [0, 0.1) is 0 Å². The fourth-order valence-corrected chi connectivity index (χ4v) is 2.18. The lowest BCUT2D eigenvalue weighted by Gasteiger charge is -2.12. The van der Waals surface area contributed by atoms with Gasteiger partial charge in [0.15, 0.2) is 5.82 Å². The van der Waals surface area contributed by atoms with Crippen molar-refractivity contribution in [2.75, 3.05) is 12.3 Å². The predicted octanol–water partition coefficient (Wildman–Crippen LogP) is 0.499. The highest BCUT2D eigenvalue weighted by atomic mass is 32.2. The quantitative estimate of drug-likeness (QED) is 0.790. The molecule has 1 aromatic heterocycles. The van der Waals surface area contributed by atoms with E-state index < -0.39 is 0 Å². The third-order valence-corrected chi connectivity index (χ3v) is 3.03. The van der Waals surface area contributed by atoms with E-state index in [2.05, 4.69) is 22.2 Å². The van der Waals surface area contributed by atoms with Gasteiger partial charge in [-0.05, 0) is 6.54 Å². The number of fused-ring (bicyclic) bond motifs is 1. The fourth-order valence-electron chi connectivity index (χ4n) is 1.31. The highest BCUT2D eigenvalue weighted by Gasteiger charge is 2.16. The van der Waals surface area contributed by atoms with Gasteiger partial charge in [0.2, 0.25) is 5.16 Å². The maximum Gasteiger partial charge on any atom is 0.212 e. The van der Waals surface area contributed by atoms with Crippen molar-refractivity contribution in [1.82, 2.24) is 14.9 Å². The molecule has 1 aromatic rings. The number of aromatic nitrogens is 3. The second-order valence-corrected chi connectivity index (χ2v) is 4.00. The normalized spacial score (nSPS) is 15.1. The summed E-state index contributed by atoms with van der Waals surface area (Å²) in [6.45, 7) is 2.70. The Balaban J connectivity index is 2.30. The molecule has 0 atom stereocenters. The Hall–Kier alpha value is -0.880. The van der Waals surface area contributed by atoms with E-state index in [0.29, 0.717) is 6.54 Å². The van der Waals surface area contributed by atoms with E-state index in [-0.39, 0.29) is 0 Å². The fraction of sp³-hybridized carbons (Fsp3) is 0.625. The molecule has 1 aliphatic heterocycles. The molecule has 2 rings (SSSR count). The van der Waals surface area contributed by atoms with Crippen LogP contribution in [-0.4, -0.2) is 32.9 Å². The minimum absolute atomic E-state index is 0.651. The molecule has 14 heavy (non-hydrogen) atoms. The Morgan fingerprint density at radius 3 is 3.07 bits per heavy atom. The van der Waals surface area contributed by atoms with Gasteiger partial charge in [-0.25, -0.2) is 0 Å². The molecule has 0 radical (unpaired) electrons. The van der Waals surface area contributed by atoms with Crippen molar-refractivity contribution in [2.45, 2.75) is 24.9 Å². The Kier molecular flexibility index (Phi) is 2.83. The van der Waals surface area contributed by atoms with Crippen molar-refractivity contribution in [2.24, 2.45) is 10.8 Å². The lowest BCUT2D eigenvalue weighted by molar-refractivity contribution is 0.708. The second kappa shape index (κ2) is 4.10. The predicted molar refractivity (Wildman–Crippen MR) is 56.6 cm³/mol. The van der Waals surface area contributed by atoms with Crippen LogP contribution in [0.4, 0.5) is 0 Å². The van der Waals surface area contributed by atoms with E-state index in [1.165, 1.54) is 0 Å². The molecule has 0 aromatic carbocycles. The van der Waals surface area contributed by atoms with Crippen molar-refractivity contribution in [3.8, 4) is 0 Å². The van der Waals surface area contributed by atoms with Crippen LogP contribution in [0.5, 0.6) is 0 Å². The van der Waals surface area contributed by atoms with E-state index in [1.54, 1.807) is 11.8 Å². The average Bonchev–Trinajstić information content (AvgIpc) is 2.60. The summed E-state index contributed by atoms with van der Waals surface area (Å²) >= 11 is 1.68. The van der Waals surface area contributed by atoms with Crippen molar-refractivity contribution in [3.63, 3.8) is 0 Å². The molecule has 2 heterocycles. The Morgan fingerprint density at radius 2 is 2.36 bits per heavy atom. The first-order valence-electron chi connectivity index (χ1n) is 4.69. The molecule has 0 bridgehead atoms. The number of hydrogen-bond acceptors (Lipinski definition) is 5. The highest BCUT2D eigenvalue weighted by Crippen LogP contribution is 2.22. The summed E-state index contributed by atoms with van der Waals surface area (Å²) in [6.07, 6.45) is 1.71. The minimum Gasteiger partial charge on any atom is -0.330 e. The molecule has 0 saturated heterocycles. The summed E-state index contributed by atoms with van der Waals surface area (Å²) in [5.41, 5.74) is 6.62. The van der Waals surface area contributed by atoms with Crippen molar-refractivity contribution < 1.29 is 0 Å². The zero-order chi connectivity index (χ0) is 9.97. The van der Waals surface area contributed by atoms with Crippen LogP contribution in [0.25, 0.3) is 0 Å². The third-order valence-electron chi connectivity index (χ3n) is 2.04. The SMILES string of the molecule is CCc1nnc2n1N=C(CCN)CS2. The van der Waals surface area contributed by atoms with E-state index in [0.717, 1.165) is 35.3 Å². The molecule has 2 N–H and O–H groups in total. The van der Waals surface area contributed by atoms with Crippen LogP contribution in [0.2, 0.25) is 0 Å². The van der Waals surface area contributed by atoms with Gasteiger partial charge in [0, 0.05) is 18.6 Å². The topological polar surface area (TPSA) is 69.1 Å². The maximum absolute atomic E-state index is 5.49. The number of hydrogen-bond donors (Lipinski definition) is 1. The van der Waals surface area contributed by atoms with Gasteiger partial charge in [-0.2, -0.15) is 9.78 Å². The molecule has 5 nitrogen and oxygen atoms in total. The molecule has 76 valence electrons.